The quantitative estimate of drug-likeness (QED) is 0.931. The second-order valence-corrected chi connectivity index (χ2v) is 5.78. The fourth-order valence-electron chi connectivity index (χ4n) is 2.56. The molecular formula is C17H16ClN3O2. The number of anilines is 1. The zero-order chi connectivity index (χ0) is 16.4. The van der Waals surface area contributed by atoms with Gasteiger partial charge < -0.3 is 14.8 Å². The molecule has 23 heavy (non-hydrogen) atoms. The van der Waals surface area contributed by atoms with Crippen LogP contribution in [0.2, 0.25) is 5.02 Å². The number of pyridine rings is 1. The zero-order valence-electron chi connectivity index (χ0n) is 12.9. The minimum atomic E-state index is 0.487. The van der Waals surface area contributed by atoms with Crippen molar-refractivity contribution in [2.24, 2.45) is 0 Å². The molecule has 0 atom stereocenters. The second kappa shape index (κ2) is 6.35. The lowest BCUT2D eigenvalue weighted by Crippen LogP contribution is -2.16. The van der Waals surface area contributed by atoms with Crippen LogP contribution in [-0.4, -0.2) is 18.2 Å². The summed E-state index contributed by atoms with van der Waals surface area (Å²) in [5.41, 5.74) is 3.26. The Hall–Kier alpha value is -2.45. The highest BCUT2D eigenvalue weighted by Gasteiger charge is 2.17. The van der Waals surface area contributed by atoms with Crippen molar-refractivity contribution in [2.75, 3.05) is 18.5 Å². The molecule has 1 N–H and O–H groups in total. The number of nitriles is 1. The van der Waals surface area contributed by atoms with Crippen molar-refractivity contribution in [3.8, 4) is 17.6 Å². The predicted molar refractivity (Wildman–Crippen MR) is 88.2 cm³/mol. The average molecular weight is 330 g/mol. The van der Waals surface area contributed by atoms with Crippen LogP contribution in [0, 0.1) is 25.2 Å². The Morgan fingerprint density at radius 1 is 1.26 bits per heavy atom. The Morgan fingerprint density at radius 3 is 2.83 bits per heavy atom. The van der Waals surface area contributed by atoms with Crippen LogP contribution in [0.25, 0.3) is 0 Å². The van der Waals surface area contributed by atoms with Crippen molar-refractivity contribution in [2.45, 2.75) is 20.4 Å². The van der Waals surface area contributed by atoms with Gasteiger partial charge in [0.05, 0.1) is 10.6 Å². The number of aromatic nitrogens is 1. The topological polar surface area (TPSA) is 67.2 Å². The van der Waals surface area contributed by atoms with Crippen LogP contribution in [0.5, 0.6) is 11.5 Å². The molecule has 0 bridgehead atoms. The summed E-state index contributed by atoms with van der Waals surface area (Å²) in [4.78, 5) is 4.41. The third kappa shape index (κ3) is 3.17. The van der Waals surface area contributed by atoms with E-state index in [1.165, 1.54) is 0 Å². The first-order chi connectivity index (χ1) is 11.1. The van der Waals surface area contributed by atoms with Crippen molar-refractivity contribution < 1.29 is 9.47 Å². The van der Waals surface area contributed by atoms with Gasteiger partial charge in [0.15, 0.2) is 11.5 Å². The Kier molecular flexibility index (Phi) is 4.26. The average Bonchev–Trinajstić information content (AvgIpc) is 2.52. The molecule has 0 saturated carbocycles. The molecular weight excluding hydrogens is 314 g/mol. The Bertz CT molecular complexity index is 799. The monoisotopic (exact) mass is 329 g/mol. The molecule has 0 fully saturated rings. The summed E-state index contributed by atoms with van der Waals surface area (Å²) in [5, 5.41) is 13.0. The van der Waals surface area contributed by atoms with Crippen molar-refractivity contribution in [1.29, 1.82) is 5.26 Å². The van der Waals surface area contributed by atoms with Crippen molar-refractivity contribution in [1.82, 2.24) is 4.98 Å². The maximum absolute atomic E-state index is 9.30. The Morgan fingerprint density at radius 2 is 2.04 bits per heavy atom. The van der Waals surface area contributed by atoms with Crippen LogP contribution in [0.3, 0.4) is 0 Å². The van der Waals surface area contributed by atoms with Gasteiger partial charge in [-0.3, -0.25) is 0 Å². The van der Waals surface area contributed by atoms with Crippen molar-refractivity contribution in [3.63, 3.8) is 0 Å². The zero-order valence-corrected chi connectivity index (χ0v) is 13.7. The number of hydrogen-bond acceptors (Lipinski definition) is 5. The normalized spacial score (nSPS) is 12.6. The van der Waals surface area contributed by atoms with Gasteiger partial charge in [-0.05, 0) is 43.2 Å². The standard InChI is InChI=1S/C17H16ClN3O2/c1-10-5-11(2)21-17(13(10)8-19)20-9-12-6-14(18)16-15(7-12)22-3-4-23-16/h5-7H,3-4,9H2,1-2H3,(H,20,21). The molecule has 0 aliphatic carbocycles. The third-order valence-electron chi connectivity index (χ3n) is 3.57. The molecule has 1 aromatic carbocycles. The molecule has 3 rings (SSSR count). The van der Waals surface area contributed by atoms with E-state index in [-0.39, 0.29) is 0 Å². The summed E-state index contributed by atoms with van der Waals surface area (Å²) >= 11 is 6.24. The largest absolute Gasteiger partial charge is 0.486 e. The van der Waals surface area contributed by atoms with Gasteiger partial charge in [-0.15, -0.1) is 0 Å². The molecule has 0 radical (unpaired) electrons. The van der Waals surface area contributed by atoms with Crippen molar-refractivity contribution in [3.05, 3.63) is 45.6 Å². The highest BCUT2D eigenvalue weighted by Crippen LogP contribution is 2.38. The van der Waals surface area contributed by atoms with Gasteiger partial charge >= 0.3 is 0 Å². The first-order valence-corrected chi connectivity index (χ1v) is 7.66. The van der Waals surface area contributed by atoms with Crippen molar-refractivity contribution >= 4 is 17.4 Å². The van der Waals surface area contributed by atoms with E-state index in [0.29, 0.717) is 47.7 Å². The molecule has 2 heterocycles. The molecule has 0 unspecified atom stereocenters. The third-order valence-corrected chi connectivity index (χ3v) is 3.85. The number of hydrogen-bond donors (Lipinski definition) is 1. The second-order valence-electron chi connectivity index (χ2n) is 5.37. The number of aryl methyl sites for hydroxylation is 2. The SMILES string of the molecule is Cc1cc(C)c(C#N)c(NCc2cc(Cl)c3c(c2)OCCO3)n1. The van der Waals surface area contributed by atoms with Gasteiger partial charge in [0.2, 0.25) is 0 Å². The first-order valence-electron chi connectivity index (χ1n) is 7.28. The van der Waals surface area contributed by atoms with Crippen LogP contribution in [0.4, 0.5) is 5.82 Å². The minimum absolute atomic E-state index is 0.487. The summed E-state index contributed by atoms with van der Waals surface area (Å²) in [5.74, 6) is 1.81. The number of rotatable bonds is 3. The number of ether oxygens (including phenoxy) is 2. The lowest BCUT2D eigenvalue weighted by atomic mass is 10.1. The summed E-state index contributed by atoms with van der Waals surface area (Å²) in [6, 6.07) is 7.81. The molecule has 0 saturated heterocycles. The van der Waals surface area contributed by atoms with E-state index in [4.69, 9.17) is 21.1 Å². The van der Waals surface area contributed by atoms with Crippen LogP contribution in [0.1, 0.15) is 22.4 Å². The van der Waals surface area contributed by atoms with E-state index in [0.717, 1.165) is 16.8 Å². The Labute approximate surface area is 139 Å². The summed E-state index contributed by atoms with van der Waals surface area (Å²) in [6.45, 7) is 5.31. The van der Waals surface area contributed by atoms with Crippen LogP contribution in [0.15, 0.2) is 18.2 Å². The van der Waals surface area contributed by atoms with Crippen LogP contribution in [-0.2, 0) is 6.54 Å². The predicted octanol–water partition coefficient (Wildman–Crippen LogP) is 3.61. The molecule has 5 nitrogen and oxygen atoms in total. The van der Waals surface area contributed by atoms with E-state index in [1.54, 1.807) is 0 Å². The molecule has 0 amide bonds. The number of halogens is 1. The van der Waals surface area contributed by atoms with E-state index < -0.39 is 0 Å². The summed E-state index contributed by atoms with van der Waals surface area (Å²) in [7, 11) is 0. The molecule has 0 spiro atoms. The fourth-order valence-corrected chi connectivity index (χ4v) is 2.85. The number of fused-ring (bicyclic) bond motifs is 1. The number of benzene rings is 1. The molecule has 1 aromatic heterocycles. The summed E-state index contributed by atoms with van der Waals surface area (Å²) in [6.07, 6.45) is 0. The summed E-state index contributed by atoms with van der Waals surface area (Å²) < 4.78 is 11.1. The van der Waals surface area contributed by atoms with E-state index >= 15 is 0 Å². The van der Waals surface area contributed by atoms with E-state index in [2.05, 4.69) is 16.4 Å². The van der Waals surface area contributed by atoms with Gasteiger partial charge in [-0.2, -0.15) is 5.26 Å². The first kappa shape index (κ1) is 15.4. The minimum Gasteiger partial charge on any atom is -0.486 e. The smallest absolute Gasteiger partial charge is 0.179 e. The molecule has 2 aromatic rings. The van der Waals surface area contributed by atoms with Gasteiger partial charge in [0, 0.05) is 12.2 Å². The molecule has 6 heteroatoms. The number of nitrogens with zero attached hydrogens (tertiary/aromatic N) is 2. The van der Waals surface area contributed by atoms with E-state index in [9.17, 15) is 5.26 Å². The highest BCUT2D eigenvalue weighted by molar-refractivity contribution is 6.32. The maximum atomic E-state index is 9.30. The van der Waals surface area contributed by atoms with Gasteiger partial charge in [0.25, 0.3) is 0 Å². The van der Waals surface area contributed by atoms with Crippen LogP contribution >= 0.6 is 11.6 Å². The van der Waals surface area contributed by atoms with E-state index in [1.807, 2.05) is 32.0 Å². The van der Waals surface area contributed by atoms with Crippen LogP contribution < -0.4 is 14.8 Å². The Balaban J connectivity index is 1.85. The lowest BCUT2D eigenvalue weighted by Gasteiger charge is -2.20. The van der Waals surface area contributed by atoms with Gasteiger partial charge in [-0.25, -0.2) is 4.98 Å². The molecule has 118 valence electrons. The maximum Gasteiger partial charge on any atom is 0.179 e. The molecule has 1 aliphatic rings. The van der Waals surface area contributed by atoms with Gasteiger partial charge in [-0.1, -0.05) is 11.6 Å². The lowest BCUT2D eigenvalue weighted by molar-refractivity contribution is 0.171. The van der Waals surface area contributed by atoms with Gasteiger partial charge in [0.1, 0.15) is 25.1 Å². The molecule has 1 aliphatic heterocycles. The highest BCUT2D eigenvalue weighted by atomic mass is 35.5. The fraction of sp³-hybridized carbons (Fsp3) is 0.294. The number of nitrogens with one attached hydrogen (secondary N) is 1.